The zero-order valence-corrected chi connectivity index (χ0v) is 8.18. The highest BCUT2D eigenvalue weighted by molar-refractivity contribution is 8.00. The standard InChI is InChI=1S/C8H17NO2S/c1-6-2-7(5-12-6)9-8(3-10)4-11/h6-11H,2-5H2,1H3. The van der Waals surface area contributed by atoms with E-state index in [2.05, 4.69) is 12.2 Å². The number of nitrogens with one attached hydrogen (secondary N) is 1. The molecule has 3 N–H and O–H groups in total. The Kier molecular flexibility index (Phi) is 4.35. The lowest BCUT2D eigenvalue weighted by molar-refractivity contribution is 0.163. The molecule has 0 bridgehead atoms. The first kappa shape index (κ1) is 10.3. The molecule has 1 heterocycles. The topological polar surface area (TPSA) is 52.5 Å². The molecular weight excluding hydrogens is 174 g/mol. The molecule has 72 valence electrons. The molecule has 3 nitrogen and oxygen atoms in total. The van der Waals surface area contributed by atoms with Gasteiger partial charge >= 0.3 is 0 Å². The number of hydrogen-bond donors (Lipinski definition) is 3. The van der Waals surface area contributed by atoms with E-state index >= 15 is 0 Å². The second kappa shape index (κ2) is 5.07. The molecule has 2 atom stereocenters. The van der Waals surface area contributed by atoms with Crippen LogP contribution in [0.25, 0.3) is 0 Å². The van der Waals surface area contributed by atoms with Crippen molar-refractivity contribution >= 4 is 11.8 Å². The molecule has 2 unspecified atom stereocenters. The van der Waals surface area contributed by atoms with Gasteiger partial charge in [-0.05, 0) is 6.42 Å². The second-order valence-corrected chi connectivity index (χ2v) is 4.78. The predicted molar refractivity (Wildman–Crippen MR) is 51.4 cm³/mol. The van der Waals surface area contributed by atoms with Crippen LogP contribution >= 0.6 is 11.8 Å². The van der Waals surface area contributed by atoms with Crippen molar-refractivity contribution in [2.75, 3.05) is 19.0 Å². The van der Waals surface area contributed by atoms with Crippen LogP contribution in [0.2, 0.25) is 0 Å². The zero-order chi connectivity index (χ0) is 8.97. The summed E-state index contributed by atoms with van der Waals surface area (Å²) in [4.78, 5) is 0. The van der Waals surface area contributed by atoms with Crippen LogP contribution in [0.5, 0.6) is 0 Å². The Morgan fingerprint density at radius 3 is 2.58 bits per heavy atom. The molecule has 0 aromatic carbocycles. The van der Waals surface area contributed by atoms with Crippen molar-refractivity contribution in [3.63, 3.8) is 0 Å². The monoisotopic (exact) mass is 191 g/mol. The first-order chi connectivity index (χ1) is 5.76. The summed E-state index contributed by atoms with van der Waals surface area (Å²) in [5.41, 5.74) is 0. The second-order valence-electron chi connectivity index (χ2n) is 3.31. The van der Waals surface area contributed by atoms with Crippen LogP contribution in [0.3, 0.4) is 0 Å². The Morgan fingerprint density at radius 2 is 2.17 bits per heavy atom. The normalized spacial score (nSPS) is 30.0. The minimum absolute atomic E-state index is 0.0199. The van der Waals surface area contributed by atoms with Crippen LogP contribution in [-0.4, -0.2) is 46.5 Å². The molecular formula is C8H17NO2S. The highest BCUT2D eigenvalue weighted by atomic mass is 32.2. The molecule has 4 heteroatoms. The van der Waals surface area contributed by atoms with Crippen LogP contribution in [-0.2, 0) is 0 Å². The smallest absolute Gasteiger partial charge is 0.0607 e. The molecule has 0 spiro atoms. The van der Waals surface area contributed by atoms with Crippen LogP contribution in [0.15, 0.2) is 0 Å². The van der Waals surface area contributed by atoms with Crippen LogP contribution in [0.4, 0.5) is 0 Å². The molecule has 1 aliphatic rings. The largest absolute Gasteiger partial charge is 0.395 e. The molecule has 0 saturated carbocycles. The third kappa shape index (κ3) is 2.94. The van der Waals surface area contributed by atoms with Crippen molar-refractivity contribution in [2.24, 2.45) is 0 Å². The van der Waals surface area contributed by atoms with E-state index in [-0.39, 0.29) is 19.3 Å². The van der Waals surface area contributed by atoms with Crippen molar-refractivity contribution in [2.45, 2.75) is 30.7 Å². The number of thioether (sulfide) groups is 1. The van der Waals surface area contributed by atoms with E-state index in [1.807, 2.05) is 11.8 Å². The third-order valence-electron chi connectivity index (χ3n) is 2.11. The Morgan fingerprint density at radius 1 is 1.50 bits per heavy atom. The van der Waals surface area contributed by atoms with Gasteiger partial charge in [0.2, 0.25) is 0 Å². The fraction of sp³-hybridized carbons (Fsp3) is 1.00. The number of rotatable bonds is 4. The highest BCUT2D eigenvalue weighted by Gasteiger charge is 2.23. The lowest BCUT2D eigenvalue weighted by Gasteiger charge is -2.18. The summed E-state index contributed by atoms with van der Waals surface area (Å²) >= 11 is 1.94. The van der Waals surface area contributed by atoms with Gasteiger partial charge in [-0.25, -0.2) is 0 Å². The van der Waals surface area contributed by atoms with E-state index in [9.17, 15) is 0 Å². The van der Waals surface area contributed by atoms with Crippen molar-refractivity contribution < 1.29 is 10.2 Å². The van der Waals surface area contributed by atoms with E-state index in [1.54, 1.807) is 0 Å². The Labute approximate surface area is 77.5 Å². The zero-order valence-electron chi connectivity index (χ0n) is 7.36. The quantitative estimate of drug-likeness (QED) is 0.577. The number of aliphatic hydroxyl groups excluding tert-OH is 2. The molecule has 1 fully saturated rings. The first-order valence-electron chi connectivity index (χ1n) is 4.35. The molecule has 1 aliphatic heterocycles. The first-order valence-corrected chi connectivity index (χ1v) is 5.40. The van der Waals surface area contributed by atoms with Gasteiger partial charge in [0.15, 0.2) is 0 Å². The molecule has 0 aromatic rings. The van der Waals surface area contributed by atoms with Crippen LogP contribution in [0.1, 0.15) is 13.3 Å². The summed E-state index contributed by atoms with van der Waals surface area (Å²) in [7, 11) is 0. The van der Waals surface area contributed by atoms with Gasteiger partial charge in [0.05, 0.1) is 19.3 Å². The Hall–Kier alpha value is 0.230. The average Bonchev–Trinajstić information content (AvgIpc) is 2.47. The van der Waals surface area contributed by atoms with Gasteiger partial charge in [-0.2, -0.15) is 11.8 Å². The van der Waals surface area contributed by atoms with Crippen molar-refractivity contribution in [3.05, 3.63) is 0 Å². The minimum Gasteiger partial charge on any atom is -0.395 e. The van der Waals surface area contributed by atoms with Crippen molar-refractivity contribution in [3.8, 4) is 0 Å². The van der Waals surface area contributed by atoms with E-state index < -0.39 is 0 Å². The molecule has 0 aromatic heterocycles. The Balaban J connectivity index is 2.21. The van der Waals surface area contributed by atoms with Gasteiger partial charge in [-0.1, -0.05) is 6.92 Å². The maximum absolute atomic E-state index is 8.82. The molecule has 0 aliphatic carbocycles. The molecule has 1 rings (SSSR count). The van der Waals surface area contributed by atoms with Crippen molar-refractivity contribution in [1.82, 2.24) is 5.32 Å². The lowest BCUT2D eigenvalue weighted by Crippen LogP contribution is -2.43. The van der Waals surface area contributed by atoms with Gasteiger partial charge in [0.1, 0.15) is 0 Å². The lowest BCUT2D eigenvalue weighted by atomic mass is 10.2. The van der Waals surface area contributed by atoms with E-state index in [0.29, 0.717) is 11.3 Å². The van der Waals surface area contributed by atoms with Gasteiger partial charge in [-0.15, -0.1) is 0 Å². The molecule has 0 amide bonds. The van der Waals surface area contributed by atoms with Crippen molar-refractivity contribution in [1.29, 1.82) is 0 Å². The van der Waals surface area contributed by atoms with Crippen LogP contribution < -0.4 is 5.32 Å². The summed E-state index contributed by atoms with van der Waals surface area (Å²) < 4.78 is 0. The molecule has 0 radical (unpaired) electrons. The van der Waals surface area contributed by atoms with Crippen LogP contribution in [0, 0.1) is 0 Å². The van der Waals surface area contributed by atoms with E-state index in [4.69, 9.17) is 10.2 Å². The fourth-order valence-corrected chi connectivity index (χ4v) is 2.59. The summed E-state index contributed by atoms with van der Waals surface area (Å²) in [6.07, 6.45) is 1.14. The van der Waals surface area contributed by atoms with Gasteiger partial charge in [0.25, 0.3) is 0 Å². The summed E-state index contributed by atoms with van der Waals surface area (Å²) in [6.45, 7) is 2.25. The number of aliphatic hydroxyl groups is 2. The Bertz CT molecular complexity index is 130. The summed E-state index contributed by atoms with van der Waals surface area (Å²) in [6, 6.07) is 0.329. The SMILES string of the molecule is CC1CC(NC(CO)CO)CS1. The average molecular weight is 191 g/mol. The van der Waals surface area contributed by atoms with E-state index in [1.165, 1.54) is 0 Å². The predicted octanol–water partition coefficient (Wildman–Crippen LogP) is -0.177. The molecule has 1 saturated heterocycles. The van der Waals surface area contributed by atoms with Gasteiger partial charge in [-0.3, -0.25) is 0 Å². The van der Waals surface area contributed by atoms with E-state index in [0.717, 1.165) is 12.2 Å². The third-order valence-corrected chi connectivity index (χ3v) is 3.47. The number of hydrogen-bond acceptors (Lipinski definition) is 4. The minimum atomic E-state index is -0.138. The highest BCUT2D eigenvalue weighted by Crippen LogP contribution is 2.25. The molecule has 12 heavy (non-hydrogen) atoms. The maximum atomic E-state index is 8.82. The van der Waals surface area contributed by atoms with Gasteiger partial charge < -0.3 is 15.5 Å². The van der Waals surface area contributed by atoms with Gasteiger partial charge in [0, 0.05) is 17.0 Å². The maximum Gasteiger partial charge on any atom is 0.0607 e. The summed E-state index contributed by atoms with van der Waals surface area (Å²) in [5, 5.41) is 21.6. The fourth-order valence-electron chi connectivity index (χ4n) is 1.43. The summed E-state index contributed by atoms with van der Waals surface area (Å²) in [5.74, 6) is 1.09.